The first-order chi connectivity index (χ1) is 47.4. The Labute approximate surface area is 600 Å². The van der Waals surface area contributed by atoms with Crippen LogP contribution >= 0.6 is 15.6 Å². The molecule has 98 heavy (non-hydrogen) atoms. The molecule has 3 N–H and O–H groups in total. The molecule has 0 radical (unpaired) electrons. The van der Waals surface area contributed by atoms with Gasteiger partial charge in [0.2, 0.25) is 0 Å². The highest BCUT2D eigenvalue weighted by atomic mass is 31.2. The second-order valence-corrected chi connectivity index (χ2v) is 32.3. The lowest BCUT2D eigenvalue weighted by Crippen LogP contribution is -2.30. The van der Waals surface area contributed by atoms with E-state index in [9.17, 15) is 43.2 Å². The summed E-state index contributed by atoms with van der Waals surface area (Å²) < 4.78 is 68.6. The predicted molar refractivity (Wildman–Crippen MR) is 400 cm³/mol. The molecule has 0 bridgehead atoms. The minimum Gasteiger partial charge on any atom is -0.462 e. The zero-order valence-corrected chi connectivity index (χ0v) is 65.9. The van der Waals surface area contributed by atoms with Gasteiger partial charge < -0.3 is 33.8 Å². The summed E-state index contributed by atoms with van der Waals surface area (Å²) in [4.78, 5) is 72.9. The van der Waals surface area contributed by atoms with Gasteiger partial charge >= 0.3 is 39.5 Å². The maximum absolute atomic E-state index is 13.1. The van der Waals surface area contributed by atoms with Crippen LogP contribution in [0.1, 0.15) is 414 Å². The predicted octanol–water partition coefficient (Wildman–Crippen LogP) is 23.5. The molecule has 0 aliphatic heterocycles. The van der Waals surface area contributed by atoms with E-state index >= 15 is 0 Å². The smallest absolute Gasteiger partial charge is 0.462 e. The third-order valence-corrected chi connectivity index (χ3v) is 20.4. The summed E-state index contributed by atoms with van der Waals surface area (Å²) in [6.07, 6.45) is 59.6. The number of hydrogen-bond donors (Lipinski definition) is 3. The fraction of sp³-hybridized carbons (Fsp3) is 0.949. The molecular weight excluding hydrogens is 1280 g/mol. The number of hydrogen-bond acceptors (Lipinski definition) is 15. The van der Waals surface area contributed by atoms with E-state index in [2.05, 4.69) is 41.5 Å². The summed E-state index contributed by atoms with van der Waals surface area (Å²) in [5.74, 6) is -0.533. The maximum atomic E-state index is 13.1. The third-order valence-electron chi connectivity index (χ3n) is 18.5. The number of esters is 4. The molecule has 0 fully saturated rings. The summed E-state index contributed by atoms with van der Waals surface area (Å²) in [6, 6.07) is 0. The second-order valence-electron chi connectivity index (χ2n) is 29.4. The van der Waals surface area contributed by atoms with Crippen molar-refractivity contribution < 1.29 is 80.2 Å². The highest BCUT2D eigenvalue weighted by Gasteiger charge is 2.30. The van der Waals surface area contributed by atoms with Gasteiger partial charge in [-0.15, -0.1) is 0 Å². The molecule has 17 nitrogen and oxygen atoms in total. The summed E-state index contributed by atoms with van der Waals surface area (Å²) in [5.41, 5.74) is 0. The fourth-order valence-electron chi connectivity index (χ4n) is 12.2. The number of carbonyl (C=O) groups is 4. The molecule has 19 heteroatoms. The van der Waals surface area contributed by atoms with Gasteiger partial charge in [0, 0.05) is 25.7 Å². The average Bonchev–Trinajstić information content (AvgIpc) is 1.01. The quantitative estimate of drug-likeness (QED) is 0.0222. The number of unbranched alkanes of at least 4 members (excludes halogenated alkanes) is 48. The molecule has 0 heterocycles. The van der Waals surface area contributed by atoms with Crippen LogP contribution < -0.4 is 0 Å². The fourth-order valence-corrected chi connectivity index (χ4v) is 13.8. The van der Waals surface area contributed by atoms with Crippen molar-refractivity contribution in [1.29, 1.82) is 0 Å². The Morgan fingerprint density at radius 2 is 0.469 bits per heavy atom. The Balaban J connectivity index is 5.23. The summed E-state index contributed by atoms with van der Waals surface area (Å²) in [6.45, 7) is 9.65. The van der Waals surface area contributed by atoms with Crippen molar-refractivity contribution in [2.45, 2.75) is 432 Å². The lowest BCUT2D eigenvalue weighted by molar-refractivity contribution is -0.161. The normalized spacial score (nSPS) is 13.9. The van der Waals surface area contributed by atoms with Crippen LogP contribution in [0.15, 0.2) is 0 Å². The molecule has 0 spiro atoms. The van der Waals surface area contributed by atoms with Gasteiger partial charge in [0.15, 0.2) is 12.2 Å². The van der Waals surface area contributed by atoms with Crippen LogP contribution in [0.4, 0.5) is 0 Å². The third kappa shape index (κ3) is 72.4. The van der Waals surface area contributed by atoms with Crippen molar-refractivity contribution in [3.63, 3.8) is 0 Å². The minimum absolute atomic E-state index is 0.107. The Kier molecular flexibility index (Phi) is 69.3. The number of carbonyl (C=O) groups excluding carboxylic acids is 4. The van der Waals surface area contributed by atoms with E-state index in [4.69, 9.17) is 37.0 Å². The molecular formula is C79H154O17P2. The molecule has 0 aliphatic carbocycles. The zero-order valence-electron chi connectivity index (χ0n) is 64.1. The monoisotopic (exact) mass is 1440 g/mol. The summed E-state index contributed by atoms with van der Waals surface area (Å²) in [5, 5.41) is 10.6. The molecule has 0 rings (SSSR count). The molecule has 0 aromatic carbocycles. The van der Waals surface area contributed by atoms with Gasteiger partial charge in [-0.2, -0.15) is 0 Å². The van der Waals surface area contributed by atoms with Crippen molar-refractivity contribution in [2.75, 3.05) is 39.6 Å². The molecule has 582 valence electrons. The second kappa shape index (κ2) is 70.7. The first-order valence-corrected chi connectivity index (χ1v) is 44.0. The number of phosphoric acid groups is 2. The van der Waals surface area contributed by atoms with Crippen molar-refractivity contribution in [3.8, 4) is 0 Å². The maximum Gasteiger partial charge on any atom is 0.472 e. The highest BCUT2D eigenvalue weighted by Crippen LogP contribution is 2.45. The van der Waals surface area contributed by atoms with Gasteiger partial charge in [0.1, 0.15) is 19.3 Å². The Bertz CT molecular complexity index is 1890. The van der Waals surface area contributed by atoms with Crippen molar-refractivity contribution in [2.24, 2.45) is 11.8 Å². The lowest BCUT2D eigenvalue weighted by Gasteiger charge is -2.21. The van der Waals surface area contributed by atoms with E-state index in [1.807, 2.05) is 0 Å². The van der Waals surface area contributed by atoms with E-state index in [-0.39, 0.29) is 25.7 Å². The van der Waals surface area contributed by atoms with E-state index in [1.54, 1.807) is 0 Å². The number of rotatable bonds is 78. The van der Waals surface area contributed by atoms with Crippen LogP contribution in [-0.2, 0) is 65.4 Å². The van der Waals surface area contributed by atoms with E-state index in [0.29, 0.717) is 25.7 Å². The Morgan fingerprint density at radius 1 is 0.276 bits per heavy atom. The van der Waals surface area contributed by atoms with E-state index < -0.39 is 97.5 Å². The number of ether oxygens (including phenoxy) is 4. The Hall–Kier alpha value is -1.94. The van der Waals surface area contributed by atoms with Gasteiger partial charge in [-0.3, -0.25) is 37.3 Å². The zero-order chi connectivity index (χ0) is 72.1. The molecule has 2 unspecified atom stereocenters. The van der Waals surface area contributed by atoms with Crippen LogP contribution in [0.3, 0.4) is 0 Å². The van der Waals surface area contributed by atoms with Crippen LogP contribution in [0.5, 0.6) is 0 Å². The first kappa shape index (κ1) is 96.1. The van der Waals surface area contributed by atoms with Crippen LogP contribution in [0, 0.1) is 11.8 Å². The lowest BCUT2D eigenvalue weighted by atomic mass is 10.0. The molecule has 0 amide bonds. The molecule has 0 aromatic heterocycles. The van der Waals surface area contributed by atoms with Crippen LogP contribution in [0.2, 0.25) is 0 Å². The topological polar surface area (TPSA) is 237 Å². The van der Waals surface area contributed by atoms with E-state index in [1.165, 1.54) is 231 Å². The molecule has 0 aliphatic rings. The SMILES string of the molecule is CCCCCCCCCCCCCCCCCCCC(=O)O[C@H](COC(=O)CCCCCCCCCCCCCCCC(C)C)COP(=O)(O)OC[C@@H](O)COP(=O)(O)OC[C@@H](COC(=O)CCCCCCCCCCC)OC(=O)CCCCCCCCCCCCCCCC(C)C. The minimum atomic E-state index is -4.96. The Morgan fingerprint density at radius 3 is 0.694 bits per heavy atom. The van der Waals surface area contributed by atoms with Crippen molar-refractivity contribution in [1.82, 2.24) is 0 Å². The summed E-state index contributed by atoms with van der Waals surface area (Å²) >= 11 is 0. The number of aliphatic hydroxyl groups is 1. The van der Waals surface area contributed by atoms with E-state index in [0.717, 1.165) is 102 Å². The van der Waals surface area contributed by atoms with Gasteiger partial charge in [-0.25, -0.2) is 9.13 Å². The summed E-state index contributed by atoms with van der Waals surface area (Å²) in [7, 11) is -9.91. The first-order valence-electron chi connectivity index (χ1n) is 41.0. The molecule has 5 atom stereocenters. The van der Waals surface area contributed by atoms with Crippen molar-refractivity contribution in [3.05, 3.63) is 0 Å². The van der Waals surface area contributed by atoms with Gasteiger partial charge in [-0.05, 0) is 37.5 Å². The number of phosphoric ester groups is 2. The molecule has 0 saturated heterocycles. The largest absolute Gasteiger partial charge is 0.472 e. The molecule has 0 saturated carbocycles. The van der Waals surface area contributed by atoms with Crippen molar-refractivity contribution >= 4 is 39.5 Å². The van der Waals surface area contributed by atoms with Gasteiger partial charge in [-0.1, -0.05) is 363 Å². The van der Waals surface area contributed by atoms with Gasteiger partial charge in [0.25, 0.3) is 0 Å². The average molecular weight is 1440 g/mol. The molecule has 0 aromatic rings. The van der Waals surface area contributed by atoms with Crippen LogP contribution in [0.25, 0.3) is 0 Å². The van der Waals surface area contributed by atoms with Gasteiger partial charge in [0.05, 0.1) is 26.4 Å². The standard InChI is InChI=1S/C79H154O17P2/c1-7-9-11-13-15-17-18-19-20-21-22-27-33-39-45-51-57-63-78(83)96-75(68-90-77(82)62-56-50-44-38-32-28-23-25-30-36-41-47-53-59-71(3)4)70-94-98(87,88)92-66-73(80)65-91-97(85,86)93-69-74(67-89-76(81)61-55-49-43-35-16-14-12-10-8-2)95-79(84)64-58-52-46-40-34-29-24-26-31-37-42-48-54-60-72(5)6/h71-75,80H,7-70H2,1-6H3,(H,85,86)(H,87,88)/t73-,74+,75+/m0/s1. The van der Waals surface area contributed by atoms with Crippen LogP contribution in [-0.4, -0.2) is 96.7 Å². The number of aliphatic hydroxyl groups excluding tert-OH is 1. The highest BCUT2D eigenvalue weighted by molar-refractivity contribution is 7.47.